The summed E-state index contributed by atoms with van der Waals surface area (Å²) in [6.45, 7) is 19.3. The summed E-state index contributed by atoms with van der Waals surface area (Å²) < 4.78 is 0. The third kappa shape index (κ3) is 83.4. The molecule has 6 nitrogen and oxygen atoms in total. The fraction of sp³-hybridized carbons (Fsp3) is 0.353. The molecule has 0 saturated carbocycles. The molecule has 0 bridgehead atoms. The van der Waals surface area contributed by atoms with Gasteiger partial charge in [0.1, 0.15) is 0 Å². The van der Waals surface area contributed by atoms with Gasteiger partial charge in [0.25, 0.3) is 0 Å². The van der Waals surface area contributed by atoms with E-state index in [1.54, 1.807) is 0 Å². The zero-order valence-electron chi connectivity index (χ0n) is 14.1. The second-order valence-corrected chi connectivity index (χ2v) is 5.02. The Morgan fingerprint density at radius 2 is 1.00 bits per heavy atom. The molecule has 0 aromatic heterocycles. The molecule has 0 rings (SSSR count). The van der Waals surface area contributed by atoms with Crippen molar-refractivity contribution in [3.05, 3.63) is 50.6 Å². The molecule has 0 aliphatic carbocycles. The number of carboxylic acids is 3. The molecule has 0 spiro atoms. The Kier molecular flexibility index (Phi) is 24.0. The summed E-state index contributed by atoms with van der Waals surface area (Å²) in [6, 6.07) is 0. The Labute approximate surface area is 138 Å². The number of carboxylic acid groups (broad SMARTS) is 3. The van der Waals surface area contributed by atoms with Crippen LogP contribution in [0.1, 0.15) is 33.6 Å². The summed E-state index contributed by atoms with van der Waals surface area (Å²) in [6.07, 6.45) is 6.87. The smallest absolute Gasteiger partial charge is 0.327 e. The van der Waals surface area contributed by atoms with Crippen LogP contribution in [0.4, 0.5) is 0 Å². The lowest BCUT2D eigenvalue weighted by Crippen LogP contribution is -2.02. The van der Waals surface area contributed by atoms with Crippen molar-refractivity contribution in [3.8, 4) is 0 Å². The van der Waals surface area contributed by atoms with E-state index >= 15 is 0 Å². The Hall–Kier alpha value is -2.63. The van der Waals surface area contributed by atoms with Crippen molar-refractivity contribution in [2.45, 2.75) is 33.6 Å². The quantitative estimate of drug-likeness (QED) is 0.523. The maximum atomic E-state index is 9.25. The van der Waals surface area contributed by atoms with Gasteiger partial charge < -0.3 is 15.3 Å². The molecule has 0 amide bonds. The first kappa shape index (κ1) is 28.5. The lowest BCUT2D eigenvalue weighted by Gasteiger charge is -2.15. The molecule has 132 valence electrons. The van der Waals surface area contributed by atoms with Crippen LogP contribution >= 0.6 is 0 Å². The predicted molar refractivity (Wildman–Crippen MR) is 92.4 cm³/mol. The van der Waals surface area contributed by atoms with Crippen LogP contribution in [0.15, 0.2) is 50.6 Å². The van der Waals surface area contributed by atoms with Gasteiger partial charge in [-0.15, -0.1) is 6.58 Å². The van der Waals surface area contributed by atoms with E-state index < -0.39 is 17.9 Å². The molecule has 0 fully saturated rings. The van der Waals surface area contributed by atoms with Gasteiger partial charge in [0.05, 0.1) is 0 Å². The lowest BCUT2D eigenvalue weighted by atomic mass is 9.91. The van der Waals surface area contributed by atoms with Crippen LogP contribution in [0, 0.1) is 5.41 Å². The van der Waals surface area contributed by atoms with Crippen molar-refractivity contribution in [1.82, 2.24) is 0 Å². The van der Waals surface area contributed by atoms with Gasteiger partial charge in [0, 0.05) is 18.2 Å². The van der Waals surface area contributed by atoms with Gasteiger partial charge in [-0.3, -0.25) is 0 Å². The van der Waals surface area contributed by atoms with Crippen LogP contribution < -0.4 is 0 Å². The van der Waals surface area contributed by atoms with E-state index in [0.717, 1.165) is 24.6 Å². The van der Waals surface area contributed by atoms with E-state index in [9.17, 15) is 14.4 Å². The zero-order chi connectivity index (χ0) is 19.5. The Morgan fingerprint density at radius 3 is 1.04 bits per heavy atom. The van der Waals surface area contributed by atoms with Crippen molar-refractivity contribution in [2.24, 2.45) is 5.41 Å². The minimum atomic E-state index is -0.981. The highest BCUT2D eigenvalue weighted by atomic mass is 16.4. The van der Waals surface area contributed by atoms with Crippen LogP contribution in [0.25, 0.3) is 0 Å². The maximum absolute atomic E-state index is 9.25. The average molecular weight is 328 g/mol. The fourth-order valence-corrected chi connectivity index (χ4v) is 0.535. The van der Waals surface area contributed by atoms with Crippen molar-refractivity contribution in [3.63, 3.8) is 0 Å². The molecule has 0 aliphatic heterocycles. The average Bonchev–Trinajstić information content (AvgIpc) is 2.46. The number of aliphatic carboxylic acids is 3. The molecule has 0 radical (unpaired) electrons. The third-order valence-electron chi connectivity index (χ3n) is 1.62. The zero-order valence-corrected chi connectivity index (χ0v) is 14.1. The van der Waals surface area contributed by atoms with Crippen LogP contribution in [0.5, 0.6) is 0 Å². The van der Waals surface area contributed by atoms with Crippen molar-refractivity contribution in [2.75, 3.05) is 0 Å². The number of rotatable bonds is 5. The van der Waals surface area contributed by atoms with Gasteiger partial charge in [-0.2, -0.15) is 0 Å². The van der Waals surface area contributed by atoms with E-state index in [-0.39, 0.29) is 0 Å². The highest BCUT2D eigenvalue weighted by molar-refractivity contribution is 5.79. The van der Waals surface area contributed by atoms with Gasteiger partial charge >= 0.3 is 17.9 Å². The van der Waals surface area contributed by atoms with Crippen molar-refractivity contribution >= 4 is 17.9 Å². The minimum absolute atomic E-state index is 0.480. The lowest BCUT2D eigenvalue weighted by molar-refractivity contribution is -0.132. The van der Waals surface area contributed by atoms with E-state index in [2.05, 4.69) is 47.1 Å². The van der Waals surface area contributed by atoms with Gasteiger partial charge in [-0.05, 0) is 18.3 Å². The molecular formula is C17H28O6. The maximum Gasteiger partial charge on any atom is 0.327 e. The normalized spacial score (nSPS) is 8.13. The van der Waals surface area contributed by atoms with Crippen LogP contribution in [-0.2, 0) is 14.4 Å². The molecule has 0 aromatic rings. The SMILES string of the molecule is C=CC(=O)O.C=CC(=O)O.C=CC(=O)O.C=CCCC(C)(C)C. The molecule has 0 atom stereocenters. The van der Waals surface area contributed by atoms with Crippen molar-refractivity contribution < 1.29 is 29.7 Å². The minimum Gasteiger partial charge on any atom is -0.478 e. The Bertz CT molecular complexity index is 346. The molecular weight excluding hydrogens is 300 g/mol. The van der Waals surface area contributed by atoms with Gasteiger partial charge in [0.15, 0.2) is 0 Å². The van der Waals surface area contributed by atoms with E-state index in [0.29, 0.717) is 5.41 Å². The highest BCUT2D eigenvalue weighted by Crippen LogP contribution is 2.20. The summed E-state index contributed by atoms with van der Waals surface area (Å²) in [4.78, 5) is 27.8. The molecule has 6 heteroatoms. The van der Waals surface area contributed by atoms with E-state index in [4.69, 9.17) is 15.3 Å². The van der Waals surface area contributed by atoms with E-state index in [1.807, 2.05) is 6.08 Å². The van der Waals surface area contributed by atoms with Crippen molar-refractivity contribution in [1.29, 1.82) is 0 Å². The topological polar surface area (TPSA) is 112 Å². The predicted octanol–water partition coefficient (Wildman–Crippen LogP) is 3.77. The number of allylic oxidation sites excluding steroid dienone is 1. The van der Waals surface area contributed by atoms with E-state index in [1.165, 1.54) is 6.42 Å². The van der Waals surface area contributed by atoms with Gasteiger partial charge in [-0.25, -0.2) is 14.4 Å². The molecule has 0 heterocycles. The Morgan fingerprint density at radius 1 is 0.783 bits per heavy atom. The summed E-state index contributed by atoms with van der Waals surface area (Å²) in [7, 11) is 0. The molecule has 23 heavy (non-hydrogen) atoms. The first-order chi connectivity index (χ1) is 10.4. The van der Waals surface area contributed by atoms with Crippen LogP contribution in [-0.4, -0.2) is 33.2 Å². The standard InChI is InChI=1S/C8H16.3C3H4O2/c1-5-6-7-8(2,3)4;3*1-2-3(4)5/h5H,1,6-7H2,2-4H3;3*2H,1H2,(H,4,5). The summed E-state index contributed by atoms with van der Waals surface area (Å²) >= 11 is 0. The second-order valence-electron chi connectivity index (χ2n) is 5.02. The Balaban J connectivity index is -0.000000108. The second kappa shape index (κ2) is 19.4. The summed E-state index contributed by atoms with van der Waals surface area (Å²) in [5, 5.41) is 22.8. The fourth-order valence-electron chi connectivity index (χ4n) is 0.535. The molecule has 0 saturated heterocycles. The molecule has 0 unspecified atom stereocenters. The number of hydrogen-bond donors (Lipinski definition) is 3. The number of hydrogen-bond acceptors (Lipinski definition) is 3. The first-order valence-electron chi connectivity index (χ1n) is 6.54. The van der Waals surface area contributed by atoms with Gasteiger partial charge in [-0.1, -0.05) is 46.6 Å². The molecule has 0 aromatic carbocycles. The van der Waals surface area contributed by atoms with Crippen LogP contribution in [0.2, 0.25) is 0 Å². The molecule has 3 N–H and O–H groups in total. The number of carbonyl (C=O) groups is 3. The summed E-state index contributed by atoms with van der Waals surface area (Å²) in [5.41, 5.74) is 0.480. The van der Waals surface area contributed by atoms with Crippen LogP contribution in [0.3, 0.4) is 0 Å². The highest BCUT2D eigenvalue weighted by Gasteiger charge is 2.06. The largest absolute Gasteiger partial charge is 0.478 e. The van der Waals surface area contributed by atoms with Gasteiger partial charge in [0.2, 0.25) is 0 Å². The molecule has 0 aliphatic rings. The first-order valence-corrected chi connectivity index (χ1v) is 6.54. The monoisotopic (exact) mass is 328 g/mol. The third-order valence-corrected chi connectivity index (χ3v) is 1.62. The summed E-state index contributed by atoms with van der Waals surface area (Å²) in [5.74, 6) is -2.94.